The van der Waals surface area contributed by atoms with Crippen LogP contribution in [-0.4, -0.2) is 47.5 Å². The molecule has 33 heavy (non-hydrogen) atoms. The van der Waals surface area contributed by atoms with Crippen molar-refractivity contribution in [2.75, 3.05) is 20.2 Å². The number of urea groups is 1. The second kappa shape index (κ2) is 9.07. The standard InChI is InChI=1S/C23H27F3N2O5/c1-5-8-15-17(10-9-14-16(23(24,25)26)13-18(29)33-19(14)15)32-12-7-6-11-28-20(30)22(2,3)27(4)21(28)31/h9-10,13H,5-8,11-12H2,1-4H3. The van der Waals surface area contributed by atoms with Crippen LogP contribution in [0, 0.1) is 0 Å². The van der Waals surface area contributed by atoms with E-state index in [1.165, 1.54) is 21.9 Å². The summed E-state index contributed by atoms with van der Waals surface area (Å²) in [5, 5.41) is -0.185. The van der Waals surface area contributed by atoms with Crippen LogP contribution in [0.25, 0.3) is 11.0 Å². The topological polar surface area (TPSA) is 80.1 Å². The van der Waals surface area contributed by atoms with E-state index in [0.717, 1.165) is 0 Å². The lowest BCUT2D eigenvalue weighted by Crippen LogP contribution is -2.41. The van der Waals surface area contributed by atoms with E-state index >= 15 is 0 Å². The van der Waals surface area contributed by atoms with Crippen LogP contribution in [0.15, 0.2) is 27.4 Å². The Labute approximate surface area is 189 Å². The molecule has 0 unspecified atom stereocenters. The monoisotopic (exact) mass is 468 g/mol. The first-order valence-corrected chi connectivity index (χ1v) is 10.8. The van der Waals surface area contributed by atoms with Crippen LogP contribution in [0.3, 0.4) is 0 Å². The zero-order chi connectivity index (χ0) is 24.6. The number of imide groups is 1. The summed E-state index contributed by atoms with van der Waals surface area (Å²) in [7, 11) is 1.58. The smallest absolute Gasteiger partial charge is 0.417 e. The van der Waals surface area contributed by atoms with Crippen LogP contribution in [0.1, 0.15) is 51.2 Å². The molecule has 180 valence electrons. The van der Waals surface area contributed by atoms with Gasteiger partial charge in [-0.1, -0.05) is 13.3 Å². The average molecular weight is 468 g/mol. The fraction of sp³-hybridized carbons (Fsp3) is 0.522. The van der Waals surface area contributed by atoms with Gasteiger partial charge in [0.25, 0.3) is 5.91 Å². The molecule has 7 nitrogen and oxygen atoms in total. The summed E-state index contributed by atoms with van der Waals surface area (Å²) in [6.07, 6.45) is -2.69. The second-order valence-electron chi connectivity index (χ2n) is 8.56. The lowest BCUT2D eigenvalue weighted by atomic mass is 10.0. The summed E-state index contributed by atoms with van der Waals surface area (Å²) in [5.41, 5.74) is -2.70. The van der Waals surface area contributed by atoms with Crippen molar-refractivity contribution in [3.05, 3.63) is 39.7 Å². The quantitative estimate of drug-likeness (QED) is 0.322. The van der Waals surface area contributed by atoms with Crippen LogP contribution in [-0.2, 0) is 17.4 Å². The predicted octanol–water partition coefficient (Wildman–Crippen LogP) is 4.60. The molecular formula is C23H27F3N2O5. The number of hydrogen-bond donors (Lipinski definition) is 0. The molecule has 3 rings (SSSR count). The third-order valence-electron chi connectivity index (χ3n) is 5.94. The maximum absolute atomic E-state index is 13.4. The first kappa shape index (κ1) is 24.6. The van der Waals surface area contributed by atoms with Crippen molar-refractivity contribution in [3.63, 3.8) is 0 Å². The van der Waals surface area contributed by atoms with E-state index in [1.807, 2.05) is 6.92 Å². The number of unbranched alkanes of at least 4 members (excludes halogenated alkanes) is 1. The molecule has 1 aromatic carbocycles. The fourth-order valence-electron chi connectivity index (χ4n) is 3.85. The molecule has 1 aliphatic heterocycles. The van der Waals surface area contributed by atoms with Crippen LogP contribution >= 0.6 is 0 Å². The molecule has 2 heterocycles. The molecule has 1 aliphatic rings. The highest BCUT2D eigenvalue weighted by molar-refractivity contribution is 6.06. The van der Waals surface area contributed by atoms with Gasteiger partial charge < -0.3 is 14.1 Å². The van der Waals surface area contributed by atoms with Crippen LogP contribution in [0.4, 0.5) is 18.0 Å². The lowest BCUT2D eigenvalue weighted by molar-refractivity contribution is -0.136. The molecule has 0 bridgehead atoms. The Morgan fingerprint density at radius 2 is 1.82 bits per heavy atom. The Morgan fingerprint density at radius 3 is 2.39 bits per heavy atom. The third kappa shape index (κ3) is 4.69. The van der Waals surface area contributed by atoms with E-state index in [2.05, 4.69) is 0 Å². The Hall–Kier alpha value is -3.04. The molecule has 0 spiro atoms. The number of rotatable bonds is 8. The highest BCUT2D eigenvalue weighted by Gasteiger charge is 2.48. The first-order valence-electron chi connectivity index (χ1n) is 10.8. The normalized spacial score (nSPS) is 16.2. The van der Waals surface area contributed by atoms with Gasteiger partial charge in [-0.15, -0.1) is 0 Å². The molecule has 3 amide bonds. The summed E-state index contributed by atoms with van der Waals surface area (Å²) < 4.78 is 51.1. The van der Waals surface area contributed by atoms with Gasteiger partial charge in [-0.2, -0.15) is 13.2 Å². The number of fused-ring (bicyclic) bond motifs is 1. The number of halogens is 3. The molecule has 2 aromatic rings. The molecule has 1 fully saturated rings. The SMILES string of the molecule is CCCc1c(OCCCCN2C(=O)N(C)C(C)(C)C2=O)ccc2c(C(F)(F)F)cc(=O)oc12. The van der Waals surface area contributed by atoms with E-state index in [0.29, 0.717) is 43.1 Å². The van der Waals surface area contributed by atoms with E-state index in [1.54, 1.807) is 20.9 Å². The first-order chi connectivity index (χ1) is 15.4. The molecule has 0 saturated carbocycles. The zero-order valence-electron chi connectivity index (χ0n) is 19.0. The number of carbonyl (C=O) groups is 2. The van der Waals surface area contributed by atoms with Crippen molar-refractivity contribution in [2.24, 2.45) is 0 Å². The molecule has 1 saturated heterocycles. The Kier molecular flexibility index (Phi) is 6.76. The molecule has 0 N–H and O–H groups in total. The van der Waals surface area contributed by atoms with E-state index in [-0.39, 0.29) is 36.1 Å². The van der Waals surface area contributed by atoms with Gasteiger partial charge in [-0.05, 0) is 45.2 Å². The number of hydrogen-bond acceptors (Lipinski definition) is 5. The molecule has 0 atom stereocenters. The highest BCUT2D eigenvalue weighted by Crippen LogP contribution is 2.37. The van der Waals surface area contributed by atoms with Gasteiger partial charge in [0.2, 0.25) is 0 Å². The number of alkyl halides is 3. The van der Waals surface area contributed by atoms with Crippen molar-refractivity contribution in [1.29, 1.82) is 0 Å². The Morgan fingerprint density at radius 1 is 1.12 bits per heavy atom. The molecule has 0 aliphatic carbocycles. The van der Waals surface area contributed by atoms with Crippen molar-refractivity contribution in [3.8, 4) is 5.75 Å². The number of nitrogens with zero attached hydrogens (tertiary/aromatic N) is 2. The van der Waals surface area contributed by atoms with E-state index in [4.69, 9.17) is 9.15 Å². The van der Waals surface area contributed by atoms with Gasteiger partial charge in [-0.3, -0.25) is 9.69 Å². The zero-order valence-corrected chi connectivity index (χ0v) is 19.0. The Bertz CT molecular complexity index is 1120. The van der Waals surface area contributed by atoms with Gasteiger partial charge in [0.1, 0.15) is 16.9 Å². The summed E-state index contributed by atoms with van der Waals surface area (Å²) in [6, 6.07) is 2.81. The molecular weight excluding hydrogens is 441 g/mol. The number of aryl methyl sites for hydroxylation is 1. The summed E-state index contributed by atoms with van der Waals surface area (Å²) >= 11 is 0. The maximum atomic E-state index is 13.4. The maximum Gasteiger partial charge on any atom is 0.417 e. The van der Waals surface area contributed by atoms with Crippen LogP contribution < -0.4 is 10.4 Å². The molecule has 0 radical (unpaired) electrons. The van der Waals surface area contributed by atoms with Gasteiger partial charge in [0.05, 0.1) is 12.2 Å². The Balaban J connectivity index is 1.72. The van der Waals surface area contributed by atoms with Crippen molar-refractivity contribution in [1.82, 2.24) is 9.80 Å². The number of ether oxygens (including phenoxy) is 1. The number of amides is 3. The van der Waals surface area contributed by atoms with E-state index < -0.39 is 22.9 Å². The summed E-state index contributed by atoms with van der Waals surface area (Å²) in [5.74, 6) is 0.0900. The summed E-state index contributed by atoms with van der Waals surface area (Å²) in [4.78, 5) is 39.1. The minimum Gasteiger partial charge on any atom is -0.493 e. The molecule has 10 heteroatoms. The molecule has 1 aromatic heterocycles. The average Bonchev–Trinajstić information content (AvgIpc) is 2.88. The fourth-order valence-corrected chi connectivity index (χ4v) is 3.85. The largest absolute Gasteiger partial charge is 0.493 e. The minimum absolute atomic E-state index is 0.118. The highest BCUT2D eigenvalue weighted by atomic mass is 19.4. The number of carbonyl (C=O) groups excluding carboxylic acids is 2. The second-order valence-corrected chi connectivity index (χ2v) is 8.56. The minimum atomic E-state index is -4.69. The van der Waals surface area contributed by atoms with Gasteiger partial charge in [0.15, 0.2) is 0 Å². The number of benzene rings is 1. The predicted molar refractivity (Wildman–Crippen MR) is 115 cm³/mol. The van der Waals surface area contributed by atoms with Crippen molar-refractivity contribution >= 4 is 22.9 Å². The number of likely N-dealkylation sites (N-methyl/N-ethyl adjacent to an activating group) is 1. The summed E-state index contributed by atoms with van der Waals surface area (Å²) in [6.45, 7) is 5.71. The van der Waals surface area contributed by atoms with Gasteiger partial charge in [-0.25, -0.2) is 9.59 Å². The van der Waals surface area contributed by atoms with Gasteiger partial charge >= 0.3 is 17.8 Å². The van der Waals surface area contributed by atoms with Gasteiger partial charge in [0, 0.05) is 30.6 Å². The lowest BCUT2D eigenvalue weighted by Gasteiger charge is -2.22. The van der Waals surface area contributed by atoms with E-state index in [9.17, 15) is 27.6 Å². The van der Waals surface area contributed by atoms with Crippen LogP contribution in [0.5, 0.6) is 5.75 Å². The van der Waals surface area contributed by atoms with Crippen molar-refractivity contribution in [2.45, 2.75) is 58.2 Å². The third-order valence-corrected chi connectivity index (χ3v) is 5.94. The van der Waals surface area contributed by atoms with Crippen molar-refractivity contribution < 1.29 is 31.9 Å². The van der Waals surface area contributed by atoms with Crippen LogP contribution in [0.2, 0.25) is 0 Å².